The molecule has 2 aliphatic heterocycles. The van der Waals surface area contributed by atoms with Crippen LogP contribution in [0.4, 0.5) is 13.2 Å². The lowest BCUT2D eigenvalue weighted by atomic mass is 9.88. The van der Waals surface area contributed by atoms with E-state index in [2.05, 4.69) is 99.6 Å². The minimum absolute atomic E-state index is 0. The van der Waals surface area contributed by atoms with Gasteiger partial charge in [0, 0.05) is 52.1 Å². The molecule has 2 aliphatic rings. The minimum Gasteiger partial charge on any atom is -0.338 e. The van der Waals surface area contributed by atoms with E-state index in [0.717, 1.165) is 61.4 Å². The molecule has 0 radical (unpaired) electrons. The maximum atomic E-state index is 12.8. The Morgan fingerprint density at radius 3 is 1.68 bits per heavy atom. The van der Waals surface area contributed by atoms with Gasteiger partial charge in [0.2, 0.25) is 35.0 Å². The lowest BCUT2D eigenvalue weighted by molar-refractivity contribution is -0.130. The number of nitrogens with one attached hydrogen (secondary N) is 1. The largest absolute Gasteiger partial charge is 0.388 e. The van der Waals surface area contributed by atoms with Crippen LogP contribution in [0.3, 0.4) is 0 Å². The lowest BCUT2D eigenvalue weighted by Gasteiger charge is -2.17. The second-order valence-corrected chi connectivity index (χ2v) is 18.1. The molecule has 2 aromatic heterocycles. The van der Waals surface area contributed by atoms with Gasteiger partial charge in [-0.2, -0.15) is 23.1 Å². The number of Topliss-reactive ketones (excluding diaryl/α,β-unsaturated/α-hetero) is 2. The summed E-state index contributed by atoms with van der Waals surface area (Å²) in [7, 11) is 0. The van der Waals surface area contributed by atoms with Crippen LogP contribution in [0.5, 0.6) is 0 Å². The van der Waals surface area contributed by atoms with Crippen LogP contribution in [0.25, 0.3) is 0 Å². The first kappa shape index (κ1) is 48.4. The van der Waals surface area contributed by atoms with Gasteiger partial charge in [-0.1, -0.05) is 110 Å². The number of halogens is 6. The average molecular weight is 947 g/mol. The highest BCUT2D eigenvalue weighted by Gasteiger charge is 2.30. The molecule has 0 saturated heterocycles. The van der Waals surface area contributed by atoms with Gasteiger partial charge in [0.15, 0.2) is 0 Å². The maximum absolute atomic E-state index is 12.8. The molecule has 0 saturated carbocycles. The molecular weight excluding hydrogens is 893 g/mol. The van der Waals surface area contributed by atoms with Gasteiger partial charge in [0.05, 0.1) is 0 Å². The number of hydrogen-bond donors (Lipinski definition) is 1. The number of carbonyl (C=O) groups is 2. The predicted molar refractivity (Wildman–Crippen MR) is 223 cm³/mol. The van der Waals surface area contributed by atoms with Gasteiger partial charge in [0.1, 0.15) is 0 Å². The number of benzene rings is 2. The number of fused-ring (bicyclic) bond motifs is 2. The molecule has 10 nitrogen and oxygen atoms in total. The number of aromatic nitrogens is 4. The molecule has 0 aliphatic carbocycles. The topological polar surface area (TPSA) is 127 Å². The molecule has 0 unspecified atom stereocenters. The quantitative estimate of drug-likeness (QED) is 0.179. The van der Waals surface area contributed by atoms with E-state index in [1.807, 2.05) is 47.6 Å². The fourth-order valence-electron chi connectivity index (χ4n) is 6.31. The molecular formula is C41H54Br2ClF3N6O4. The minimum atomic E-state index is -3.96. The van der Waals surface area contributed by atoms with Crippen molar-refractivity contribution in [3.05, 3.63) is 91.0 Å². The summed E-state index contributed by atoms with van der Waals surface area (Å²) < 4.78 is 45.0. The maximum Gasteiger partial charge on any atom is 0.388 e. The first-order valence-corrected chi connectivity index (χ1v) is 20.6. The Morgan fingerprint density at radius 2 is 1.25 bits per heavy atom. The van der Waals surface area contributed by atoms with Crippen molar-refractivity contribution in [1.82, 2.24) is 30.5 Å². The van der Waals surface area contributed by atoms with Crippen molar-refractivity contribution in [1.29, 1.82) is 0 Å². The third-order valence-corrected chi connectivity index (χ3v) is 10.6. The van der Waals surface area contributed by atoms with Crippen LogP contribution in [0.15, 0.2) is 54.4 Å². The molecule has 0 amide bonds. The first-order chi connectivity index (χ1) is 26.2. The molecule has 6 rings (SSSR count). The van der Waals surface area contributed by atoms with Crippen molar-refractivity contribution in [2.24, 2.45) is 0 Å². The van der Waals surface area contributed by atoms with Gasteiger partial charge < -0.3 is 14.4 Å². The van der Waals surface area contributed by atoms with E-state index in [1.165, 1.54) is 22.3 Å². The summed E-state index contributed by atoms with van der Waals surface area (Å²) in [6.45, 7) is 19.8. The second-order valence-electron chi connectivity index (χ2n) is 16.3. The number of hydrogen-bond acceptors (Lipinski definition) is 10. The van der Waals surface area contributed by atoms with Crippen LogP contribution in [0.1, 0.15) is 155 Å². The zero-order chi connectivity index (χ0) is 41.4. The van der Waals surface area contributed by atoms with Crippen LogP contribution in [-0.4, -0.2) is 62.6 Å². The Bertz CT molecular complexity index is 1940. The first-order valence-electron chi connectivity index (χ1n) is 19.0. The fourth-order valence-corrected chi connectivity index (χ4v) is 7.13. The summed E-state index contributed by atoms with van der Waals surface area (Å²) in [4.78, 5) is 36.4. The van der Waals surface area contributed by atoms with E-state index in [0.29, 0.717) is 24.6 Å². The van der Waals surface area contributed by atoms with Gasteiger partial charge in [-0.15, -0.1) is 12.4 Å². The molecule has 0 spiro atoms. The van der Waals surface area contributed by atoms with E-state index in [9.17, 15) is 22.8 Å². The van der Waals surface area contributed by atoms with E-state index >= 15 is 0 Å². The van der Waals surface area contributed by atoms with Crippen LogP contribution in [0, 0.1) is 0 Å². The molecule has 2 atom stereocenters. The summed E-state index contributed by atoms with van der Waals surface area (Å²) in [6.07, 6.45) is -2.00. The van der Waals surface area contributed by atoms with E-state index < -0.39 is 12.6 Å². The molecule has 1 N–H and O–H groups in total. The third kappa shape index (κ3) is 14.4. The fraction of sp³-hybridized carbons (Fsp3) is 0.561. The van der Waals surface area contributed by atoms with Crippen molar-refractivity contribution in [2.45, 2.75) is 129 Å². The van der Waals surface area contributed by atoms with Crippen molar-refractivity contribution in [2.75, 3.05) is 19.6 Å². The SMILES string of the molecule is CC(C)(C)c1nc(C(=O)C[C@@H]2CCNCc3cc(Br)ccc32)no1.CCC(F)(F)F.CCN1CC[C@@H](CC(=O)c2noc(C(C)(C)C)n2)c2ccc(Br)cc2C1.Cl. The Morgan fingerprint density at radius 1 is 0.789 bits per heavy atom. The van der Waals surface area contributed by atoms with Crippen molar-refractivity contribution < 1.29 is 31.8 Å². The summed E-state index contributed by atoms with van der Waals surface area (Å²) in [5, 5.41) is 11.2. The van der Waals surface area contributed by atoms with Gasteiger partial charge in [-0.05, 0) is 90.8 Å². The molecule has 4 heterocycles. The Hall–Kier alpha value is -2.98. The van der Waals surface area contributed by atoms with Crippen LogP contribution in [0.2, 0.25) is 0 Å². The van der Waals surface area contributed by atoms with Crippen LogP contribution >= 0.6 is 44.3 Å². The summed E-state index contributed by atoms with van der Waals surface area (Å²) in [6, 6.07) is 12.6. The third-order valence-electron chi connectivity index (χ3n) is 9.61. The van der Waals surface area contributed by atoms with Crippen LogP contribution < -0.4 is 5.32 Å². The lowest BCUT2D eigenvalue weighted by Crippen LogP contribution is -2.22. The van der Waals surface area contributed by atoms with Gasteiger partial charge >= 0.3 is 6.18 Å². The summed E-state index contributed by atoms with van der Waals surface area (Å²) in [5.41, 5.74) is 4.52. The molecule has 0 bridgehead atoms. The van der Waals surface area contributed by atoms with Gasteiger partial charge in [-0.3, -0.25) is 14.5 Å². The standard InChI is InChI=1S/C20H26BrN3O2.C18H22BrN3O2.C3H5F3.ClH/c1-5-24-9-8-13(16-7-6-15(21)10-14(16)12-24)11-17(25)18-22-19(26-23-18)20(2,3)4;1-18(2,3)17-21-16(22-24-17)15(23)9-11-6-7-20-10-12-8-13(19)4-5-14(11)12;1-2-3(4,5)6;/h6-7,10,13H,5,8-9,11-12H2,1-4H3;4-5,8,11,20H,6-7,9-10H2,1-3H3;2H2,1H3;1H/t13-;11-;;/m00../s1. The molecule has 16 heteroatoms. The van der Waals surface area contributed by atoms with E-state index in [4.69, 9.17) is 9.05 Å². The smallest absolute Gasteiger partial charge is 0.338 e. The number of carbonyl (C=O) groups excluding carboxylic acids is 2. The Labute approximate surface area is 356 Å². The normalized spacial score (nSPS) is 17.3. The zero-order valence-corrected chi connectivity index (χ0v) is 37.8. The Kier molecular flexibility index (Phi) is 17.7. The van der Waals surface area contributed by atoms with E-state index in [-0.39, 0.29) is 58.3 Å². The predicted octanol–water partition coefficient (Wildman–Crippen LogP) is 11.1. The van der Waals surface area contributed by atoms with Gasteiger partial charge in [0.25, 0.3) is 0 Å². The molecule has 314 valence electrons. The molecule has 57 heavy (non-hydrogen) atoms. The number of nitrogens with zero attached hydrogens (tertiary/aromatic N) is 5. The van der Waals surface area contributed by atoms with Crippen molar-refractivity contribution in [3.8, 4) is 0 Å². The molecule has 2 aromatic carbocycles. The highest BCUT2D eigenvalue weighted by molar-refractivity contribution is 9.10. The van der Waals surface area contributed by atoms with Crippen molar-refractivity contribution >= 4 is 55.8 Å². The van der Waals surface area contributed by atoms with Gasteiger partial charge in [-0.25, -0.2) is 0 Å². The summed E-state index contributed by atoms with van der Waals surface area (Å²) in [5.74, 6) is 1.64. The molecule has 4 aromatic rings. The van der Waals surface area contributed by atoms with Crippen LogP contribution in [-0.2, 0) is 23.9 Å². The summed E-state index contributed by atoms with van der Waals surface area (Å²) >= 11 is 7.09. The highest BCUT2D eigenvalue weighted by atomic mass is 79.9. The zero-order valence-electron chi connectivity index (χ0n) is 33.9. The average Bonchev–Trinajstić information content (AvgIpc) is 3.76. The Balaban J connectivity index is 0.000000264. The molecule has 0 fully saturated rings. The monoisotopic (exact) mass is 944 g/mol. The van der Waals surface area contributed by atoms with Crippen molar-refractivity contribution in [3.63, 3.8) is 0 Å². The van der Waals surface area contributed by atoms with E-state index in [1.54, 1.807) is 0 Å². The number of rotatable bonds is 7. The highest BCUT2D eigenvalue weighted by Crippen LogP contribution is 2.35. The second kappa shape index (κ2) is 20.8. The number of alkyl halides is 3. The number of ketones is 2.